The van der Waals surface area contributed by atoms with E-state index in [1.165, 1.54) is 0 Å². The third-order valence-corrected chi connectivity index (χ3v) is 1.87. The van der Waals surface area contributed by atoms with Crippen LogP contribution in [0.5, 0.6) is 0 Å². The van der Waals surface area contributed by atoms with Crippen molar-refractivity contribution in [3.63, 3.8) is 0 Å². The highest BCUT2D eigenvalue weighted by Crippen LogP contribution is 2.25. The molecule has 0 rings (SSSR count). The van der Waals surface area contributed by atoms with Crippen molar-refractivity contribution in [3.8, 4) is 0 Å². The first-order chi connectivity index (χ1) is 5.96. The normalized spacial score (nSPS) is 14.6. The van der Waals surface area contributed by atoms with Crippen LogP contribution in [0.3, 0.4) is 0 Å². The maximum atomic E-state index is 12.4. The highest BCUT2D eigenvalue weighted by Gasteiger charge is 2.48. The maximum absolute atomic E-state index is 12.4. The zero-order valence-corrected chi connectivity index (χ0v) is 9.40. The molecule has 0 saturated carbocycles. The van der Waals surface area contributed by atoms with Crippen LogP contribution >= 0.6 is 0 Å². The summed E-state index contributed by atoms with van der Waals surface area (Å²) in [7, 11) is 2.26. The molecule has 0 spiro atoms. The van der Waals surface area contributed by atoms with Crippen LogP contribution in [0, 0.1) is 0 Å². The van der Waals surface area contributed by atoms with Crippen molar-refractivity contribution in [1.29, 1.82) is 0 Å². The van der Waals surface area contributed by atoms with Crippen LogP contribution in [-0.4, -0.2) is 43.6 Å². The summed E-state index contributed by atoms with van der Waals surface area (Å²) in [5, 5.41) is 0. The molecule has 2 nitrogen and oxygen atoms in total. The van der Waals surface area contributed by atoms with Gasteiger partial charge in [0.1, 0.15) is 6.54 Å². The Labute approximate surface area is 83.2 Å². The monoisotopic (exact) mass is 214 g/mol. The zero-order chi connectivity index (χ0) is 11.6. The number of ether oxygens (including phenoxy) is 1. The van der Waals surface area contributed by atoms with Crippen molar-refractivity contribution in [1.82, 2.24) is 0 Å². The van der Waals surface area contributed by atoms with E-state index < -0.39 is 10.8 Å². The molecule has 0 aromatic heterocycles. The minimum absolute atomic E-state index is 0.0687. The minimum atomic E-state index is -4.22. The van der Waals surface area contributed by atoms with Crippen molar-refractivity contribution in [2.24, 2.45) is 0 Å². The quantitative estimate of drug-likeness (QED) is 0.518. The Morgan fingerprint density at radius 3 is 1.79 bits per heavy atom. The van der Waals surface area contributed by atoms with E-state index in [1.807, 2.05) is 20.8 Å². The summed E-state index contributed by atoms with van der Waals surface area (Å²) < 4.78 is 41.3. The SMILES string of the molecule is CC(C)(C)OCC[N+](C)(C)C(F)(F)F. The van der Waals surface area contributed by atoms with Gasteiger partial charge in [0.15, 0.2) is 0 Å². The molecule has 0 aromatic carbocycles. The summed E-state index contributed by atoms with van der Waals surface area (Å²) in [6.45, 7) is 5.50. The molecule has 0 aromatic rings. The predicted octanol–water partition coefficient (Wildman–Crippen LogP) is 2.40. The molecule has 0 unspecified atom stereocenters. The van der Waals surface area contributed by atoms with Crippen molar-refractivity contribution >= 4 is 0 Å². The summed E-state index contributed by atoms with van der Waals surface area (Å²) in [6.07, 6.45) is -4.22. The van der Waals surface area contributed by atoms with Crippen LogP contribution < -0.4 is 0 Å². The molecular weight excluding hydrogens is 195 g/mol. The van der Waals surface area contributed by atoms with E-state index in [4.69, 9.17) is 4.74 Å². The fourth-order valence-electron chi connectivity index (χ4n) is 0.707. The van der Waals surface area contributed by atoms with Crippen LogP contribution in [0.2, 0.25) is 0 Å². The van der Waals surface area contributed by atoms with Crippen molar-refractivity contribution in [3.05, 3.63) is 0 Å². The number of halogens is 3. The van der Waals surface area contributed by atoms with E-state index in [9.17, 15) is 13.2 Å². The van der Waals surface area contributed by atoms with Crippen LogP contribution in [0.4, 0.5) is 13.2 Å². The number of hydrogen-bond acceptors (Lipinski definition) is 1. The Morgan fingerprint density at radius 1 is 1.07 bits per heavy atom. The van der Waals surface area contributed by atoms with E-state index >= 15 is 0 Å². The molecule has 0 atom stereocenters. The fourth-order valence-corrected chi connectivity index (χ4v) is 0.707. The lowest BCUT2D eigenvalue weighted by Gasteiger charge is -2.31. The lowest BCUT2D eigenvalue weighted by Crippen LogP contribution is -2.53. The van der Waals surface area contributed by atoms with E-state index in [1.54, 1.807) is 0 Å². The summed E-state index contributed by atoms with van der Waals surface area (Å²) in [6, 6.07) is 0. The maximum Gasteiger partial charge on any atom is 0.560 e. The van der Waals surface area contributed by atoms with E-state index in [-0.39, 0.29) is 18.8 Å². The Hall–Kier alpha value is -0.290. The van der Waals surface area contributed by atoms with E-state index in [0.29, 0.717) is 0 Å². The molecule has 0 aliphatic heterocycles. The van der Waals surface area contributed by atoms with Gasteiger partial charge >= 0.3 is 6.30 Å². The molecule has 14 heavy (non-hydrogen) atoms. The van der Waals surface area contributed by atoms with Crippen LogP contribution in [-0.2, 0) is 4.74 Å². The van der Waals surface area contributed by atoms with Gasteiger partial charge in [-0.15, -0.1) is 13.2 Å². The molecule has 0 aliphatic carbocycles. The summed E-state index contributed by atoms with van der Waals surface area (Å²) >= 11 is 0. The first kappa shape index (κ1) is 13.7. The van der Waals surface area contributed by atoms with E-state index in [0.717, 1.165) is 14.1 Å². The third kappa shape index (κ3) is 4.81. The second-order valence-electron chi connectivity index (χ2n) is 4.84. The number of quaternary nitrogens is 1. The van der Waals surface area contributed by atoms with Crippen LogP contribution in [0.25, 0.3) is 0 Å². The standard InChI is InChI=1S/C9H19F3NO/c1-8(2,3)14-7-6-13(4,5)9(10,11)12/h6-7H2,1-5H3/q+1. The Morgan fingerprint density at radius 2 is 1.50 bits per heavy atom. The first-order valence-corrected chi connectivity index (χ1v) is 4.49. The molecule has 0 amide bonds. The topological polar surface area (TPSA) is 9.23 Å². The fraction of sp³-hybridized carbons (Fsp3) is 1.00. The number of nitrogens with zero attached hydrogens (tertiary/aromatic N) is 1. The van der Waals surface area contributed by atoms with Gasteiger partial charge in [-0.25, -0.2) is 4.48 Å². The first-order valence-electron chi connectivity index (χ1n) is 4.49. The summed E-state index contributed by atoms with van der Waals surface area (Å²) in [5.74, 6) is 0. The number of alkyl halides is 3. The van der Waals surface area contributed by atoms with Gasteiger partial charge in [0.25, 0.3) is 0 Å². The summed E-state index contributed by atoms with van der Waals surface area (Å²) in [4.78, 5) is 0. The Bertz CT molecular complexity index is 181. The predicted molar refractivity (Wildman–Crippen MR) is 48.7 cm³/mol. The lowest BCUT2D eigenvalue weighted by atomic mass is 10.2. The molecule has 0 aliphatic rings. The second kappa shape index (κ2) is 4.06. The second-order valence-corrected chi connectivity index (χ2v) is 4.84. The zero-order valence-electron chi connectivity index (χ0n) is 9.40. The van der Waals surface area contributed by atoms with Crippen molar-refractivity contribution < 1.29 is 22.4 Å². The molecule has 0 heterocycles. The van der Waals surface area contributed by atoms with Gasteiger partial charge in [0.05, 0.1) is 26.3 Å². The van der Waals surface area contributed by atoms with Crippen LogP contribution in [0.1, 0.15) is 20.8 Å². The molecule has 0 fully saturated rings. The van der Waals surface area contributed by atoms with Crippen molar-refractivity contribution in [2.45, 2.75) is 32.7 Å². The number of rotatable bonds is 3. The largest absolute Gasteiger partial charge is 0.560 e. The van der Waals surface area contributed by atoms with Crippen LogP contribution in [0.15, 0.2) is 0 Å². The molecule has 86 valence electrons. The average molecular weight is 214 g/mol. The van der Waals surface area contributed by atoms with Gasteiger partial charge in [0.2, 0.25) is 0 Å². The Kier molecular flexibility index (Phi) is 3.98. The number of likely N-dealkylation sites (N-methyl/N-ethyl adjacent to an activating group) is 1. The van der Waals surface area contributed by atoms with E-state index in [2.05, 4.69) is 0 Å². The van der Waals surface area contributed by atoms with Crippen molar-refractivity contribution in [2.75, 3.05) is 27.2 Å². The van der Waals surface area contributed by atoms with Gasteiger partial charge in [-0.3, -0.25) is 0 Å². The minimum Gasteiger partial charge on any atom is -0.370 e. The highest BCUT2D eigenvalue weighted by molar-refractivity contribution is 4.58. The summed E-state index contributed by atoms with van der Waals surface area (Å²) in [5.41, 5.74) is -0.383. The van der Waals surface area contributed by atoms with Gasteiger partial charge in [-0.1, -0.05) is 0 Å². The average Bonchev–Trinajstić information content (AvgIpc) is 1.80. The Balaban J connectivity index is 4.02. The number of hydrogen-bond donors (Lipinski definition) is 0. The molecule has 0 saturated heterocycles. The highest BCUT2D eigenvalue weighted by atomic mass is 19.4. The van der Waals surface area contributed by atoms with Gasteiger partial charge in [-0.05, 0) is 20.8 Å². The molecular formula is C9H19F3NO+. The smallest absolute Gasteiger partial charge is 0.370 e. The molecule has 5 heteroatoms. The molecule has 0 N–H and O–H groups in total. The van der Waals surface area contributed by atoms with Gasteiger partial charge < -0.3 is 4.74 Å². The molecule has 0 radical (unpaired) electrons. The van der Waals surface area contributed by atoms with Gasteiger partial charge in [-0.2, -0.15) is 0 Å². The lowest BCUT2D eigenvalue weighted by molar-refractivity contribution is -0.997. The van der Waals surface area contributed by atoms with Gasteiger partial charge in [0, 0.05) is 0 Å². The third-order valence-electron chi connectivity index (χ3n) is 1.87. The molecule has 0 bridgehead atoms.